The van der Waals surface area contributed by atoms with Crippen LogP contribution in [-0.2, 0) is 19.5 Å². The predicted octanol–water partition coefficient (Wildman–Crippen LogP) is 3.06. The molecule has 3 rings (SSSR count). The molecule has 0 saturated heterocycles. The first-order valence-corrected chi connectivity index (χ1v) is 7.67. The Balaban J connectivity index is 2.08. The molecule has 1 N–H and O–H groups in total. The average molecular weight is 293 g/mol. The summed E-state index contributed by atoms with van der Waals surface area (Å²) in [7, 11) is 2.17. The van der Waals surface area contributed by atoms with Gasteiger partial charge in [0.15, 0.2) is 0 Å². The lowest BCUT2D eigenvalue weighted by molar-refractivity contribution is 0.280. The van der Waals surface area contributed by atoms with Gasteiger partial charge in [0.05, 0.1) is 0 Å². The second kappa shape index (κ2) is 5.76. The molecule has 0 aliphatic carbocycles. The minimum Gasteiger partial charge on any atom is -0.396 e. The number of fused-ring (bicyclic) bond motifs is 3. The van der Waals surface area contributed by atoms with Crippen molar-refractivity contribution < 1.29 is 5.11 Å². The molecule has 1 aromatic heterocycles. The van der Waals surface area contributed by atoms with E-state index in [1.165, 1.54) is 22.2 Å². The van der Waals surface area contributed by atoms with E-state index in [1.54, 1.807) is 0 Å². The molecule has 3 nitrogen and oxygen atoms in total. The molecule has 0 radical (unpaired) electrons. The number of halogens is 1. The van der Waals surface area contributed by atoms with E-state index in [0.29, 0.717) is 0 Å². The molecule has 0 amide bonds. The Bertz CT molecular complexity index is 620. The predicted molar refractivity (Wildman–Crippen MR) is 83.3 cm³/mol. The molecule has 2 heterocycles. The zero-order valence-corrected chi connectivity index (χ0v) is 12.7. The molecular weight excluding hydrogens is 272 g/mol. The Morgan fingerprint density at radius 3 is 2.95 bits per heavy atom. The fourth-order valence-corrected chi connectivity index (χ4v) is 3.37. The minimum absolute atomic E-state index is 0.274. The van der Waals surface area contributed by atoms with Gasteiger partial charge in [-0.2, -0.15) is 0 Å². The second-order valence-electron chi connectivity index (χ2n) is 5.66. The lowest BCUT2D eigenvalue weighted by atomic mass is 10.1. The van der Waals surface area contributed by atoms with E-state index in [9.17, 15) is 0 Å². The van der Waals surface area contributed by atoms with E-state index in [-0.39, 0.29) is 6.61 Å². The SMILES string of the molecule is CN1CCc2c(c3cc(Cl)ccc3n2CCCCO)C1. The smallest absolute Gasteiger partial charge is 0.0486 e. The molecule has 0 saturated carbocycles. The van der Waals surface area contributed by atoms with Crippen LogP contribution >= 0.6 is 11.6 Å². The highest BCUT2D eigenvalue weighted by atomic mass is 35.5. The molecule has 0 spiro atoms. The number of nitrogens with zero attached hydrogens (tertiary/aromatic N) is 2. The number of aromatic nitrogens is 1. The first-order chi connectivity index (χ1) is 9.70. The van der Waals surface area contributed by atoms with Crippen molar-refractivity contribution in [1.82, 2.24) is 9.47 Å². The topological polar surface area (TPSA) is 28.4 Å². The summed E-state index contributed by atoms with van der Waals surface area (Å²) >= 11 is 6.18. The number of hydrogen-bond acceptors (Lipinski definition) is 2. The van der Waals surface area contributed by atoms with E-state index in [4.69, 9.17) is 16.7 Å². The summed E-state index contributed by atoms with van der Waals surface area (Å²) in [6.07, 6.45) is 2.98. The van der Waals surface area contributed by atoms with Gasteiger partial charge < -0.3 is 14.6 Å². The van der Waals surface area contributed by atoms with Crippen LogP contribution in [0.3, 0.4) is 0 Å². The van der Waals surface area contributed by atoms with Gasteiger partial charge in [-0.3, -0.25) is 0 Å². The highest BCUT2D eigenvalue weighted by Gasteiger charge is 2.22. The summed E-state index contributed by atoms with van der Waals surface area (Å²) in [5, 5.41) is 11.1. The van der Waals surface area contributed by atoms with Gasteiger partial charge in [-0.1, -0.05) is 11.6 Å². The summed E-state index contributed by atoms with van der Waals surface area (Å²) in [6, 6.07) is 6.20. The number of hydrogen-bond donors (Lipinski definition) is 1. The maximum absolute atomic E-state index is 8.98. The number of aliphatic hydroxyl groups excluding tert-OH is 1. The average Bonchev–Trinajstić information content (AvgIpc) is 2.72. The third kappa shape index (κ3) is 2.46. The summed E-state index contributed by atoms with van der Waals surface area (Å²) in [5.41, 5.74) is 4.17. The molecular formula is C16H21ClN2O. The van der Waals surface area contributed by atoms with Crippen LogP contribution < -0.4 is 0 Å². The Hall–Kier alpha value is -1.03. The van der Waals surface area contributed by atoms with Crippen LogP contribution in [0.1, 0.15) is 24.1 Å². The Morgan fingerprint density at radius 2 is 2.15 bits per heavy atom. The van der Waals surface area contributed by atoms with E-state index in [2.05, 4.69) is 28.6 Å². The first kappa shape index (κ1) is 13.9. The standard InChI is InChI=1S/C16H21ClN2O/c1-18-8-6-16-14(11-18)13-10-12(17)4-5-15(13)19(16)7-2-3-9-20/h4-5,10,20H,2-3,6-9,11H2,1H3. The molecule has 4 heteroatoms. The second-order valence-corrected chi connectivity index (χ2v) is 6.09. The normalized spacial score (nSPS) is 15.8. The Morgan fingerprint density at radius 1 is 1.30 bits per heavy atom. The zero-order valence-electron chi connectivity index (χ0n) is 11.9. The fraction of sp³-hybridized carbons (Fsp3) is 0.500. The van der Waals surface area contributed by atoms with Gasteiger partial charge in [-0.05, 0) is 43.7 Å². The van der Waals surface area contributed by atoms with Gasteiger partial charge in [0.2, 0.25) is 0 Å². The molecule has 1 aliphatic rings. The lowest BCUT2D eigenvalue weighted by Crippen LogP contribution is -2.27. The number of likely N-dealkylation sites (N-methyl/N-ethyl adjacent to an activating group) is 1. The van der Waals surface area contributed by atoms with Crippen molar-refractivity contribution in [3.05, 3.63) is 34.5 Å². The molecule has 20 heavy (non-hydrogen) atoms. The quantitative estimate of drug-likeness (QED) is 0.878. The minimum atomic E-state index is 0.274. The number of unbranched alkanes of at least 4 members (excludes halogenated alkanes) is 1. The fourth-order valence-electron chi connectivity index (χ4n) is 3.19. The highest BCUT2D eigenvalue weighted by Crippen LogP contribution is 2.32. The van der Waals surface area contributed by atoms with E-state index in [1.807, 2.05) is 6.07 Å². The van der Waals surface area contributed by atoms with Crippen molar-refractivity contribution in [2.45, 2.75) is 32.4 Å². The molecule has 108 valence electrons. The summed E-state index contributed by atoms with van der Waals surface area (Å²) < 4.78 is 2.43. The van der Waals surface area contributed by atoms with Gasteiger partial charge in [0.25, 0.3) is 0 Å². The van der Waals surface area contributed by atoms with E-state index in [0.717, 1.165) is 43.9 Å². The monoisotopic (exact) mass is 292 g/mol. The summed E-state index contributed by atoms with van der Waals surface area (Å²) in [5.74, 6) is 0. The Labute approximate surface area is 124 Å². The highest BCUT2D eigenvalue weighted by molar-refractivity contribution is 6.31. The van der Waals surface area contributed by atoms with Crippen molar-refractivity contribution in [3.63, 3.8) is 0 Å². The lowest BCUT2D eigenvalue weighted by Gasteiger charge is -2.24. The molecule has 0 fully saturated rings. The summed E-state index contributed by atoms with van der Waals surface area (Å²) in [6.45, 7) is 3.37. The van der Waals surface area contributed by atoms with Crippen LogP contribution in [0.2, 0.25) is 5.02 Å². The molecule has 2 aromatic rings. The summed E-state index contributed by atoms with van der Waals surface area (Å²) in [4.78, 5) is 2.36. The first-order valence-electron chi connectivity index (χ1n) is 7.29. The number of aryl methyl sites for hydroxylation is 1. The van der Waals surface area contributed by atoms with Crippen LogP contribution in [0.4, 0.5) is 0 Å². The largest absolute Gasteiger partial charge is 0.396 e. The van der Waals surface area contributed by atoms with Gasteiger partial charge in [0, 0.05) is 54.3 Å². The van der Waals surface area contributed by atoms with Gasteiger partial charge in [-0.15, -0.1) is 0 Å². The van der Waals surface area contributed by atoms with Gasteiger partial charge in [0.1, 0.15) is 0 Å². The molecule has 0 unspecified atom stereocenters. The maximum atomic E-state index is 8.98. The van der Waals surface area contributed by atoms with Crippen LogP contribution in [0, 0.1) is 0 Å². The zero-order chi connectivity index (χ0) is 14.1. The maximum Gasteiger partial charge on any atom is 0.0486 e. The number of rotatable bonds is 4. The number of benzene rings is 1. The van der Waals surface area contributed by atoms with Crippen LogP contribution in [0.25, 0.3) is 10.9 Å². The van der Waals surface area contributed by atoms with E-state index >= 15 is 0 Å². The van der Waals surface area contributed by atoms with Crippen LogP contribution in [0.15, 0.2) is 18.2 Å². The molecule has 1 aromatic carbocycles. The third-order valence-electron chi connectivity index (χ3n) is 4.20. The molecule has 0 bridgehead atoms. The third-order valence-corrected chi connectivity index (χ3v) is 4.43. The van der Waals surface area contributed by atoms with Crippen LogP contribution in [-0.4, -0.2) is 34.8 Å². The number of aliphatic hydroxyl groups is 1. The molecule has 1 aliphatic heterocycles. The van der Waals surface area contributed by atoms with Crippen molar-refractivity contribution >= 4 is 22.5 Å². The van der Waals surface area contributed by atoms with Gasteiger partial charge in [-0.25, -0.2) is 0 Å². The van der Waals surface area contributed by atoms with E-state index < -0.39 is 0 Å². The van der Waals surface area contributed by atoms with Crippen molar-refractivity contribution in [1.29, 1.82) is 0 Å². The Kier molecular flexibility index (Phi) is 4.01. The van der Waals surface area contributed by atoms with Gasteiger partial charge >= 0.3 is 0 Å². The van der Waals surface area contributed by atoms with Crippen molar-refractivity contribution in [2.75, 3.05) is 20.2 Å². The van der Waals surface area contributed by atoms with Crippen molar-refractivity contribution in [3.8, 4) is 0 Å². The van der Waals surface area contributed by atoms with Crippen LogP contribution in [0.5, 0.6) is 0 Å². The van der Waals surface area contributed by atoms with Crippen molar-refractivity contribution in [2.24, 2.45) is 0 Å². The molecule has 0 atom stereocenters.